The molecule has 0 aliphatic heterocycles. The predicted octanol–water partition coefficient (Wildman–Crippen LogP) is 4.17. The second-order valence-electron chi connectivity index (χ2n) is 10.4. The zero-order valence-corrected chi connectivity index (χ0v) is 23.3. The summed E-state index contributed by atoms with van der Waals surface area (Å²) in [6.45, 7) is 9.04. The molecule has 2 atom stereocenters. The van der Waals surface area contributed by atoms with Crippen molar-refractivity contribution >= 4 is 29.5 Å². The number of nitrogens with two attached hydrogens (primary N) is 1. The number of phenols is 1. The van der Waals surface area contributed by atoms with Crippen LogP contribution < -0.4 is 16.4 Å². The highest BCUT2D eigenvalue weighted by molar-refractivity contribution is 5.99. The van der Waals surface area contributed by atoms with Gasteiger partial charge < -0.3 is 31.1 Å². The number of hydrogen-bond acceptors (Lipinski definition) is 6. The summed E-state index contributed by atoms with van der Waals surface area (Å²) in [5, 5.41) is 15.7. The van der Waals surface area contributed by atoms with Crippen molar-refractivity contribution < 1.29 is 29.0 Å². The number of primary amides is 1. The third-order valence-corrected chi connectivity index (χ3v) is 5.85. The van der Waals surface area contributed by atoms with E-state index in [-0.39, 0.29) is 25.1 Å². The van der Waals surface area contributed by atoms with Gasteiger partial charge in [-0.15, -0.1) is 0 Å². The van der Waals surface area contributed by atoms with Gasteiger partial charge in [0, 0.05) is 18.7 Å². The van der Waals surface area contributed by atoms with Crippen LogP contribution in [0.3, 0.4) is 0 Å². The minimum absolute atomic E-state index is 0.0683. The quantitative estimate of drug-likeness (QED) is 0.317. The molecule has 0 aliphatic carbocycles. The van der Waals surface area contributed by atoms with Crippen LogP contribution in [-0.4, -0.2) is 52.0 Å². The van der Waals surface area contributed by atoms with Crippen LogP contribution in [0.15, 0.2) is 48.5 Å². The van der Waals surface area contributed by atoms with Crippen LogP contribution in [0, 0.1) is 6.92 Å². The molecule has 2 rings (SSSR count). The number of aromatic hydroxyl groups is 1. The number of ether oxygens (including phenoxy) is 1. The molecule has 212 valence electrons. The molecule has 0 aliphatic rings. The molecule has 0 bridgehead atoms. The highest BCUT2D eigenvalue weighted by Crippen LogP contribution is 2.28. The van der Waals surface area contributed by atoms with Crippen molar-refractivity contribution in [3.63, 3.8) is 0 Å². The van der Waals surface area contributed by atoms with Crippen molar-refractivity contribution in [2.24, 2.45) is 5.73 Å². The lowest BCUT2D eigenvalue weighted by atomic mass is 10.0. The summed E-state index contributed by atoms with van der Waals surface area (Å²) < 4.78 is 5.34. The van der Waals surface area contributed by atoms with E-state index in [4.69, 9.17) is 10.5 Å². The average Bonchev–Trinajstić information content (AvgIpc) is 2.84. The van der Waals surface area contributed by atoms with E-state index in [2.05, 4.69) is 10.6 Å². The molecular weight excluding hydrogens is 500 g/mol. The van der Waals surface area contributed by atoms with Gasteiger partial charge in [0.15, 0.2) is 0 Å². The monoisotopic (exact) mass is 540 g/mol. The first-order chi connectivity index (χ1) is 18.3. The molecule has 0 spiro atoms. The number of carbonyl (C=O) groups is 4. The maximum absolute atomic E-state index is 14.0. The number of benzene rings is 2. The van der Waals surface area contributed by atoms with E-state index in [0.29, 0.717) is 17.7 Å². The van der Waals surface area contributed by atoms with E-state index >= 15 is 0 Å². The third kappa shape index (κ3) is 9.96. The molecule has 0 saturated carbocycles. The van der Waals surface area contributed by atoms with Crippen LogP contribution in [-0.2, 0) is 19.1 Å². The van der Waals surface area contributed by atoms with E-state index in [1.165, 1.54) is 17.0 Å². The number of rotatable bonds is 12. The normalized spacial score (nSPS) is 12.6. The molecule has 10 heteroatoms. The summed E-state index contributed by atoms with van der Waals surface area (Å²) in [6, 6.07) is 11.0. The van der Waals surface area contributed by atoms with Gasteiger partial charge in [-0.1, -0.05) is 43.7 Å². The number of phenolic OH excluding ortho intramolecular Hbond substituents is 1. The van der Waals surface area contributed by atoms with Crippen LogP contribution in [0.1, 0.15) is 70.5 Å². The molecule has 0 saturated heterocycles. The summed E-state index contributed by atoms with van der Waals surface area (Å²) in [6.07, 6.45) is 0.205. The van der Waals surface area contributed by atoms with E-state index in [0.717, 1.165) is 12.0 Å². The van der Waals surface area contributed by atoms with Crippen molar-refractivity contribution in [3.8, 4) is 5.75 Å². The fourth-order valence-electron chi connectivity index (χ4n) is 3.97. The number of nitrogens with one attached hydrogen (secondary N) is 2. The number of hydrogen-bond donors (Lipinski definition) is 4. The minimum atomic E-state index is -1.18. The Morgan fingerprint density at radius 2 is 1.77 bits per heavy atom. The molecule has 5 N–H and O–H groups in total. The first kappa shape index (κ1) is 31.1. The molecule has 4 amide bonds. The van der Waals surface area contributed by atoms with Gasteiger partial charge in [-0.25, -0.2) is 4.79 Å². The lowest BCUT2D eigenvalue weighted by Crippen LogP contribution is -2.52. The van der Waals surface area contributed by atoms with Crippen LogP contribution in [0.5, 0.6) is 5.75 Å². The molecule has 2 aromatic carbocycles. The van der Waals surface area contributed by atoms with E-state index in [1.807, 2.05) is 26.0 Å². The molecule has 0 radical (unpaired) electrons. The molecule has 0 heterocycles. The first-order valence-corrected chi connectivity index (χ1v) is 13.1. The molecule has 10 nitrogen and oxygen atoms in total. The standard InChI is InChI=1S/C29H40N4O6/c1-6-7-17-33(27(37)23(15-16-24(30)35)32-28(38)39-29(3,4)5)25(20-12-10-13-21(34)18-20)26(36)31-22-14-9-8-11-19(22)2/h8-14,18,23,25,34H,6-7,15-17H2,1-5H3,(H2,30,35)(H,31,36)(H,32,38). The highest BCUT2D eigenvalue weighted by atomic mass is 16.6. The Hall–Kier alpha value is -4.08. The maximum atomic E-state index is 14.0. The molecule has 2 unspecified atom stereocenters. The Bertz CT molecular complexity index is 1160. The Morgan fingerprint density at radius 1 is 1.08 bits per heavy atom. The fourth-order valence-corrected chi connectivity index (χ4v) is 3.97. The number of para-hydroxylation sites is 1. The van der Waals surface area contributed by atoms with Crippen molar-refractivity contribution in [2.75, 3.05) is 11.9 Å². The SMILES string of the molecule is CCCCN(C(=O)C(CCC(N)=O)NC(=O)OC(C)(C)C)C(C(=O)Nc1ccccc1C)c1cccc(O)c1. The van der Waals surface area contributed by atoms with Crippen molar-refractivity contribution in [3.05, 3.63) is 59.7 Å². The topological polar surface area (TPSA) is 151 Å². The van der Waals surface area contributed by atoms with E-state index < -0.39 is 41.5 Å². The van der Waals surface area contributed by atoms with E-state index in [9.17, 15) is 24.3 Å². The lowest BCUT2D eigenvalue weighted by molar-refractivity contribution is -0.141. The van der Waals surface area contributed by atoms with Crippen molar-refractivity contribution in [2.45, 2.75) is 78.0 Å². The summed E-state index contributed by atoms with van der Waals surface area (Å²) in [7, 11) is 0. The largest absolute Gasteiger partial charge is 0.508 e. The van der Waals surface area contributed by atoms with Gasteiger partial charge in [-0.2, -0.15) is 0 Å². The van der Waals surface area contributed by atoms with Gasteiger partial charge in [-0.05, 0) is 69.9 Å². The van der Waals surface area contributed by atoms with E-state index in [1.54, 1.807) is 45.0 Å². The summed E-state index contributed by atoms with van der Waals surface area (Å²) in [4.78, 5) is 53.4. The molecule has 0 fully saturated rings. The van der Waals surface area contributed by atoms with Gasteiger partial charge in [0.05, 0.1) is 0 Å². The summed E-state index contributed by atoms with van der Waals surface area (Å²) in [5.41, 5.74) is 6.32. The second-order valence-corrected chi connectivity index (χ2v) is 10.4. The Balaban J connectivity index is 2.54. The van der Waals surface area contributed by atoms with Gasteiger partial charge in [-0.3, -0.25) is 14.4 Å². The zero-order chi connectivity index (χ0) is 29.2. The molecule has 0 aromatic heterocycles. The van der Waals surface area contributed by atoms with Crippen molar-refractivity contribution in [1.82, 2.24) is 10.2 Å². The number of unbranched alkanes of at least 4 members (excludes halogenated alkanes) is 1. The van der Waals surface area contributed by atoms with Gasteiger partial charge in [0.25, 0.3) is 5.91 Å². The molecule has 39 heavy (non-hydrogen) atoms. The number of alkyl carbamates (subject to hydrolysis) is 1. The van der Waals surface area contributed by atoms with Crippen LogP contribution in [0.4, 0.5) is 10.5 Å². The number of nitrogens with zero attached hydrogens (tertiary/aromatic N) is 1. The fraction of sp³-hybridized carbons (Fsp3) is 0.448. The summed E-state index contributed by atoms with van der Waals surface area (Å²) >= 11 is 0. The van der Waals surface area contributed by atoms with Gasteiger partial charge in [0.2, 0.25) is 11.8 Å². The maximum Gasteiger partial charge on any atom is 0.408 e. The minimum Gasteiger partial charge on any atom is -0.508 e. The Labute approximate surface area is 229 Å². The number of carbonyl (C=O) groups excluding carboxylic acids is 4. The zero-order valence-electron chi connectivity index (χ0n) is 23.3. The highest BCUT2D eigenvalue weighted by Gasteiger charge is 2.36. The van der Waals surface area contributed by atoms with Crippen LogP contribution in [0.25, 0.3) is 0 Å². The van der Waals surface area contributed by atoms with Crippen LogP contribution >= 0.6 is 0 Å². The van der Waals surface area contributed by atoms with Gasteiger partial charge in [0.1, 0.15) is 23.4 Å². The lowest BCUT2D eigenvalue weighted by Gasteiger charge is -2.34. The average molecular weight is 541 g/mol. The predicted molar refractivity (Wildman–Crippen MR) is 149 cm³/mol. The summed E-state index contributed by atoms with van der Waals surface area (Å²) in [5.74, 6) is -1.78. The second kappa shape index (κ2) is 14.2. The molecular formula is C29H40N4O6. The first-order valence-electron chi connectivity index (χ1n) is 13.1. The Morgan fingerprint density at radius 3 is 2.36 bits per heavy atom. The number of anilines is 1. The number of amides is 4. The van der Waals surface area contributed by atoms with Crippen molar-refractivity contribution in [1.29, 1.82) is 0 Å². The smallest absolute Gasteiger partial charge is 0.408 e. The van der Waals surface area contributed by atoms with Crippen LogP contribution in [0.2, 0.25) is 0 Å². The third-order valence-electron chi connectivity index (χ3n) is 5.85. The number of aryl methyl sites for hydroxylation is 1. The Kier molecular flexibility index (Phi) is 11.3. The molecule has 2 aromatic rings. The van der Waals surface area contributed by atoms with Gasteiger partial charge >= 0.3 is 6.09 Å².